The summed E-state index contributed by atoms with van der Waals surface area (Å²) < 4.78 is 8.16. The minimum absolute atomic E-state index is 0.00193. The second-order valence-corrected chi connectivity index (χ2v) is 4.75. The molecule has 5 nitrogen and oxygen atoms in total. The summed E-state index contributed by atoms with van der Waals surface area (Å²) in [7, 11) is 1.38. The summed E-state index contributed by atoms with van der Waals surface area (Å²) in [4.78, 5) is 23.6. The molecule has 0 saturated carbocycles. The maximum Gasteiger partial charge on any atom is 0.329 e. The summed E-state index contributed by atoms with van der Waals surface area (Å²) in [5.41, 5.74) is 1.88. The van der Waals surface area contributed by atoms with E-state index in [1.165, 1.54) is 7.11 Å². The van der Waals surface area contributed by atoms with Crippen molar-refractivity contribution in [3.8, 4) is 0 Å². The van der Waals surface area contributed by atoms with Gasteiger partial charge < -0.3 is 4.74 Å². The number of hydrogen-bond acceptors (Lipinski definition) is 3. The van der Waals surface area contributed by atoms with E-state index in [-0.39, 0.29) is 11.7 Å². The van der Waals surface area contributed by atoms with Gasteiger partial charge >= 0.3 is 11.7 Å². The van der Waals surface area contributed by atoms with E-state index in [1.807, 2.05) is 24.3 Å². The largest absolute Gasteiger partial charge is 0.469 e. The monoisotopic (exact) mass is 276 g/mol. The van der Waals surface area contributed by atoms with Crippen molar-refractivity contribution in [2.45, 2.75) is 39.3 Å². The Balaban J connectivity index is 2.30. The molecule has 0 aliphatic heterocycles. The second kappa shape index (κ2) is 6.41. The molecule has 0 N–H and O–H groups in total. The van der Waals surface area contributed by atoms with Crippen molar-refractivity contribution < 1.29 is 9.53 Å². The number of esters is 1. The Morgan fingerprint density at radius 3 is 2.30 bits per heavy atom. The lowest BCUT2D eigenvalue weighted by atomic mass is 10.3. The molecule has 20 heavy (non-hydrogen) atoms. The van der Waals surface area contributed by atoms with E-state index in [0.29, 0.717) is 25.9 Å². The number of carbonyl (C=O) groups is 1. The molecular formula is C15H20N2O3. The highest BCUT2D eigenvalue weighted by atomic mass is 16.5. The molecule has 5 heteroatoms. The van der Waals surface area contributed by atoms with Gasteiger partial charge in [-0.2, -0.15) is 0 Å². The Bertz CT molecular complexity index is 655. The van der Waals surface area contributed by atoms with Crippen LogP contribution in [0.15, 0.2) is 29.1 Å². The normalized spacial score (nSPS) is 10.9. The molecule has 0 bridgehead atoms. The molecule has 0 atom stereocenters. The van der Waals surface area contributed by atoms with Crippen LogP contribution < -0.4 is 5.69 Å². The Morgan fingerprint density at radius 2 is 1.75 bits per heavy atom. The van der Waals surface area contributed by atoms with Crippen LogP contribution in [0.2, 0.25) is 0 Å². The van der Waals surface area contributed by atoms with Crippen LogP contribution in [0.1, 0.15) is 26.2 Å². The van der Waals surface area contributed by atoms with Gasteiger partial charge in [-0.05, 0) is 25.0 Å². The fourth-order valence-corrected chi connectivity index (χ4v) is 2.41. The Hall–Kier alpha value is -2.04. The third kappa shape index (κ3) is 2.76. The SMILES string of the molecule is CCCn1c(=O)n(CCCC(=O)OC)c2ccccc21. The maximum absolute atomic E-state index is 12.4. The molecule has 1 heterocycles. The fourth-order valence-electron chi connectivity index (χ4n) is 2.41. The molecule has 1 aromatic carbocycles. The van der Waals surface area contributed by atoms with Gasteiger partial charge in [-0.25, -0.2) is 4.79 Å². The van der Waals surface area contributed by atoms with E-state index < -0.39 is 0 Å². The lowest BCUT2D eigenvalue weighted by Gasteiger charge is -2.02. The fraction of sp³-hybridized carbons (Fsp3) is 0.467. The van der Waals surface area contributed by atoms with Gasteiger partial charge in [0.2, 0.25) is 0 Å². The Morgan fingerprint density at radius 1 is 1.15 bits per heavy atom. The van der Waals surface area contributed by atoms with Crippen molar-refractivity contribution in [3.63, 3.8) is 0 Å². The van der Waals surface area contributed by atoms with Crippen molar-refractivity contribution in [1.82, 2.24) is 9.13 Å². The molecule has 0 radical (unpaired) electrons. The van der Waals surface area contributed by atoms with Crippen LogP contribution in [0.25, 0.3) is 11.0 Å². The van der Waals surface area contributed by atoms with Crippen LogP contribution in [0, 0.1) is 0 Å². The second-order valence-electron chi connectivity index (χ2n) is 4.75. The number of benzene rings is 1. The first-order chi connectivity index (χ1) is 9.69. The van der Waals surface area contributed by atoms with Crippen molar-refractivity contribution in [3.05, 3.63) is 34.7 Å². The summed E-state index contributed by atoms with van der Waals surface area (Å²) >= 11 is 0. The van der Waals surface area contributed by atoms with Crippen LogP contribution in [0.4, 0.5) is 0 Å². The standard InChI is InChI=1S/C15H20N2O3/c1-3-10-16-12-7-4-5-8-13(12)17(15(16)19)11-6-9-14(18)20-2/h4-5,7-8H,3,6,9-11H2,1-2H3. The van der Waals surface area contributed by atoms with Crippen LogP contribution in [-0.4, -0.2) is 22.2 Å². The molecule has 1 aromatic heterocycles. The molecule has 0 amide bonds. The molecular weight excluding hydrogens is 256 g/mol. The molecule has 108 valence electrons. The Kier molecular flexibility index (Phi) is 4.61. The van der Waals surface area contributed by atoms with Crippen molar-refractivity contribution >= 4 is 17.0 Å². The van der Waals surface area contributed by atoms with E-state index in [2.05, 4.69) is 11.7 Å². The van der Waals surface area contributed by atoms with Gasteiger partial charge in [0.05, 0.1) is 18.1 Å². The number of carbonyl (C=O) groups excluding carboxylic acids is 1. The molecule has 0 unspecified atom stereocenters. The minimum atomic E-state index is -0.240. The summed E-state index contributed by atoms with van der Waals surface area (Å²) in [6.07, 6.45) is 1.85. The molecule has 2 aromatic rings. The number of imidazole rings is 1. The number of methoxy groups -OCH3 is 1. The highest BCUT2D eigenvalue weighted by Crippen LogP contribution is 2.14. The lowest BCUT2D eigenvalue weighted by molar-refractivity contribution is -0.140. The number of aryl methyl sites for hydroxylation is 2. The molecule has 2 rings (SSSR count). The minimum Gasteiger partial charge on any atom is -0.469 e. The van der Waals surface area contributed by atoms with Crippen LogP contribution in [0.5, 0.6) is 0 Å². The zero-order valence-corrected chi connectivity index (χ0v) is 12.0. The van der Waals surface area contributed by atoms with E-state index in [4.69, 9.17) is 0 Å². The summed E-state index contributed by atoms with van der Waals surface area (Å²) in [5.74, 6) is -0.240. The number of ether oxygens (including phenoxy) is 1. The zero-order valence-electron chi connectivity index (χ0n) is 12.0. The van der Waals surface area contributed by atoms with Gasteiger partial charge in [0.15, 0.2) is 0 Å². The van der Waals surface area contributed by atoms with Crippen LogP contribution in [-0.2, 0) is 22.6 Å². The first-order valence-electron chi connectivity index (χ1n) is 6.94. The third-order valence-corrected chi connectivity index (χ3v) is 3.36. The zero-order chi connectivity index (χ0) is 14.5. The van der Waals surface area contributed by atoms with E-state index in [1.54, 1.807) is 9.13 Å². The quantitative estimate of drug-likeness (QED) is 0.760. The number of hydrogen-bond donors (Lipinski definition) is 0. The van der Waals surface area contributed by atoms with Crippen LogP contribution >= 0.6 is 0 Å². The first kappa shape index (κ1) is 14.4. The lowest BCUT2D eigenvalue weighted by Crippen LogP contribution is -2.24. The van der Waals surface area contributed by atoms with Gasteiger partial charge in [0.25, 0.3) is 0 Å². The Labute approximate surface area is 117 Å². The summed E-state index contributed by atoms with van der Waals surface area (Å²) in [6, 6.07) is 7.77. The van der Waals surface area contributed by atoms with Gasteiger partial charge in [-0.1, -0.05) is 19.1 Å². The average Bonchev–Trinajstić information content (AvgIpc) is 2.73. The third-order valence-electron chi connectivity index (χ3n) is 3.36. The number of fused-ring (bicyclic) bond motifs is 1. The maximum atomic E-state index is 12.4. The molecule has 0 saturated heterocycles. The van der Waals surface area contributed by atoms with Gasteiger partial charge in [-0.3, -0.25) is 13.9 Å². The number of aromatic nitrogens is 2. The smallest absolute Gasteiger partial charge is 0.329 e. The predicted molar refractivity (Wildman–Crippen MR) is 77.7 cm³/mol. The highest BCUT2D eigenvalue weighted by molar-refractivity contribution is 5.76. The average molecular weight is 276 g/mol. The molecule has 0 aliphatic rings. The highest BCUT2D eigenvalue weighted by Gasteiger charge is 2.12. The van der Waals surface area contributed by atoms with Crippen molar-refractivity contribution in [2.24, 2.45) is 0 Å². The topological polar surface area (TPSA) is 53.2 Å². The van der Waals surface area contributed by atoms with Gasteiger partial charge in [-0.15, -0.1) is 0 Å². The summed E-state index contributed by atoms with van der Waals surface area (Å²) in [5, 5.41) is 0. The van der Waals surface area contributed by atoms with Gasteiger partial charge in [0.1, 0.15) is 0 Å². The summed E-state index contributed by atoms with van der Waals surface area (Å²) in [6.45, 7) is 3.30. The number of nitrogens with zero attached hydrogens (tertiary/aromatic N) is 2. The van der Waals surface area contributed by atoms with E-state index >= 15 is 0 Å². The number of para-hydroxylation sites is 2. The molecule has 0 aliphatic carbocycles. The molecule has 0 spiro atoms. The first-order valence-corrected chi connectivity index (χ1v) is 6.94. The van der Waals surface area contributed by atoms with Gasteiger partial charge in [0, 0.05) is 19.5 Å². The molecule has 0 fully saturated rings. The van der Waals surface area contributed by atoms with Crippen LogP contribution in [0.3, 0.4) is 0 Å². The van der Waals surface area contributed by atoms with E-state index in [9.17, 15) is 9.59 Å². The number of rotatable bonds is 6. The van der Waals surface area contributed by atoms with Crippen molar-refractivity contribution in [2.75, 3.05) is 7.11 Å². The van der Waals surface area contributed by atoms with E-state index in [0.717, 1.165) is 17.5 Å². The predicted octanol–water partition coefficient (Wildman–Crippen LogP) is 2.17. The van der Waals surface area contributed by atoms with Crippen molar-refractivity contribution in [1.29, 1.82) is 0 Å².